The van der Waals surface area contributed by atoms with Crippen LogP contribution in [0.5, 0.6) is 0 Å². The summed E-state index contributed by atoms with van der Waals surface area (Å²) in [5.74, 6) is 1.81. The molecule has 0 radical (unpaired) electrons. The van der Waals surface area contributed by atoms with Gasteiger partial charge in [0.25, 0.3) is 0 Å². The average Bonchev–Trinajstić information content (AvgIpc) is 3.16. The van der Waals surface area contributed by atoms with Crippen LogP contribution in [0.3, 0.4) is 0 Å². The minimum Gasteiger partial charge on any atom is -0.348 e. The fourth-order valence-electron chi connectivity index (χ4n) is 7.95. The number of carbonyl (C=O) groups excluding carboxylic acids is 1. The molecule has 2 aromatic rings. The van der Waals surface area contributed by atoms with Crippen molar-refractivity contribution in [2.45, 2.75) is 103 Å². The molecule has 1 aromatic heterocycles. The molecule has 1 amide bonds. The Hall–Kier alpha value is -2.25. The zero-order chi connectivity index (χ0) is 28.0. The van der Waals surface area contributed by atoms with E-state index in [1.165, 1.54) is 59.7 Å². The number of hydrogen-bond acceptors (Lipinski definition) is 5. The van der Waals surface area contributed by atoms with Crippen LogP contribution in [0.15, 0.2) is 41.5 Å². The van der Waals surface area contributed by atoms with E-state index in [4.69, 9.17) is 0 Å². The van der Waals surface area contributed by atoms with Crippen LogP contribution < -0.4 is 10.7 Å². The van der Waals surface area contributed by atoms with Crippen LogP contribution in [0.4, 0.5) is 4.39 Å². The van der Waals surface area contributed by atoms with E-state index < -0.39 is 0 Å². The molecule has 0 bridgehead atoms. The van der Waals surface area contributed by atoms with Gasteiger partial charge in [0.2, 0.25) is 5.91 Å². The first-order valence-corrected chi connectivity index (χ1v) is 16.2. The summed E-state index contributed by atoms with van der Waals surface area (Å²) in [6.07, 6.45) is 9.15. The minimum absolute atomic E-state index is 0.00469. The van der Waals surface area contributed by atoms with E-state index >= 15 is 0 Å². The first kappa shape index (κ1) is 27.9. The number of halogens is 1. The third-order valence-corrected chi connectivity index (χ3v) is 11.5. The van der Waals surface area contributed by atoms with Crippen LogP contribution in [0.2, 0.25) is 0 Å². The molecule has 2 N–H and O–H groups in total. The van der Waals surface area contributed by atoms with Gasteiger partial charge in [-0.05, 0) is 100.0 Å². The number of nitrogens with one attached hydrogen (secondary N) is 2. The number of aryl methyl sites for hydroxylation is 1. The second-order valence-electron chi connectivity index (χ2n) is 13.4. The molecule has 7 heteroatoms. The van der Waals surface area contributed by atoms with Crippen molar-refractivity contribution >= 4 is 23.0 Å². The lowest BCUT2D eigenvalue weighted by Gasteiger charge is -2.44. The highest BCUT2D eigenvalue weighted by Crippen LogP contribution is 2.72. The van der Waals surface area contributed by atoms with Gasteiger partial charge in [-0.25, -0.2) is 4.39 Å². The maximum atomic E-state index is 13.3. The first-order chi connectivity index (χ1) is 19.2. The summed E-state index contributed by atoms with van der Waals surface area (Å²) in [4.78, 5) is 18.2. The molecule has 216 valence electrons. The quantitative estimate of drug-likeness (QED) is 0.322. The van der Waals surface area contributed by atoms with Crippen LogP contribution in [0.25, 0.3) is 0 Å². The molecule has 4 aliphatic rings. The second kappa shape index (κ2) is 11.2. The highest BCUT2D eigenvalue weighted by atomic mass is 32.1. The molecule has 7 atom stereocenters. The van der Waals surface area contributed by atoms with Crippen LogP contribution in [0.1, 0.15) is 87.1 Å². The van der Waals surface area contributed by atoms with Gasteiger partial charge >= 0.3 is 0 Å². The molecular weight excluding hydrogens is 519 g/mol. The van der Waals surface area contributed by atoms with Gasteiger partial charge < -0.3 is 10.7 Å². The van der Waals surface area contributed by atoms with Gasteiger partial charge in [-0.2, -0.15) is 5.10 Å². The summed E-state index contributed by atoms with van der Waals surface area (Å²) < 4.78 is 13.3. The summed E-state index contributed by atoms with van der Waals surface area (Å²) in [5, 5.41) is 7.94. The molecule has 1 spiro atoms. The number of hydrogen-bond donors (Lipinski definition) is 2. The largest absolute Gasteiger partial charge is 0.348 e. The zero-order valence-electron chi connectivity index (χ0n) is 24.5. The number of benzene rings is 1. The minimum atomic E-state index is -0.272. The second-order valence-corrected chi connectivity index (χ2v) is 14.7. The van der Waals surface area contributed by atoms with Crippen LogP contribution >= 0.6 is 11.3 Å². The van der Waals surface area contributed by atoms with Gasteiger partial charge in [-0.15, -0.1) is 11.3 Å². The Morgan fingerprint density at radius 1 is 1.18 bits per heavy atom. The molecule has 2 aliphatic carbocycles. The van der Waals surface area contributed by atoms with E-state index in [0.717, 1.165) is 43.0 Å². The van der Waals surface area contributed by atoms with Gasteiger partial charge in [0.15, 0.2) is 0 Å². The standard InChI is InChI=1S/C33H45FN4OS/c1-20(2)28-17-25(22(4)36-37-28)9-6-24-15-30-33(18-24)19-31(33)38(30)14-13-27(29-12-5-21(3)40-29)35-32(39)16-23-7-10-26(34)11-8-23/h5,7-8,10-12,20,22,24-25,27,30-31,36H,6,9,13-19H2,1-4H3,(H,35,39)/t22?,24?,25?,27-,30?,31?,33?/m0/s1. The number of nitrogens with zero attached hydrogens (tertiary/aromatic N) is 2. The van der Waals surface area contributed by atoms with Gasteiger partial charge in [0, 0.05) is 45.6 Å². The predicted molar refractivity (Wildman–Crippen MR) is 161 cm³/mol. The average molecular weight is 565 g/mol. The molecule has 3 fully saturated rings. The van der Waals surface area contributed by atoms with Crippen LogP contribution in [0, 0.1) is 35.9 Å². The molecule has 40 heavy (non-hydrogen) atoms. The number of carbonyl (C=O) groups is 1. The summed E-state index contributed by atoms with van der Waals surface area (Å²) in [7, 11) is 0. The van der Waals surface area contributed by atoms with Gasteiger partial charge in [-0.3, -0.25) is 9.69 Å². The lowest BCUT2D eigenvalue weighted by molar-refractivity contribution is -0.121. The number of amides is 1. The van der Waals surface area contributed by atoms with Gasteiger partial charge in [-0.1, -0.05) is 32.4 Å². The monoisotopic (exact) mass is 564 g/mol. The topological polar surface area (TPSA) is 56.7 Å². The van der Waals surface area contributed by atoms with Gasteiger partial charge in [0.1, 0.15) is 5.82 Å². The number of thiophene rings is 1. The van der Waals surface area contributed by atoms with E-state index in [1.807, 2.05) is 0 Å². The Morgan fingerprint density at radius 3 is 2.70 bits per heavy atom. The van der Waals surface area contributed by atoms with Gasteiger partial charge in [0.05, 0.1) is 12.5 Å². The fourth-order valence-corrected chi connectivity index (χ4v) is 8.91. The first-order valence-electron chi connectivity index (χ1n) is 15.4. The smallest absolute Gasteiger partial charge is 0.224 e. The SMILES string of the molecule is Cc1ccc([C@H](CCN2C3CC(CCC4CC(C(C)C)=NNC4C)CC34CC24)NC(=O)Cc2ccc(F)cc2)s1. The van der Waals surface area contributed by atoms with E-state index in [0.29, 0.717) is 23.3 Å². The summed E-state index contributed by atoms with van der Waals surface area (Å²) in [5.41, 5.74) is 6.18. The Labute approximate surface area is 243 Å². The number of rotatable bonds is 11. The van der Waals surface area contributed by atoms with E-state index in [2.05, 4.69) is 60.6 Å². The predicted octanol–water partition coefficient (Wildman–Crippen LogP) is 6.63. The lowest BCUT2D eigenvalue weighted by atomic mass is 9.84. The number of hydrazone groups is 1. The summed E-state index contributed by atoms with van der Waals surface area (Å²) in [6, 6.07) is 12.6. The highest BCUT2D eigenvalue weighted by Gasteiger charge is 2.74. The van der Waals surface area contributed by atoms with Crippen molar-refractivity contribution in [3.05, 3.63) is 57.5 Å². The maximum Gasteiger partial charge on any atom is 0.224 e. The molecule has 3 heterocycles. The van der Waals surface area contributed by atoms with Crippen molar-refractivity contribution in [1.29, 1.82) is 0 Å². The molecule has 2 saturated carbocycles. The summed E-state index contributed by atoms with van der Waals surface area (Å²) in [6.45, 7) is 9.97. The molecule has 6 rings (SSSR count). The van der Waals surface area contributed by atoms with Crippen molar-refractivity contribution in [3.8, 4) is 0 Å². The Morgan fingerprint density at radius 2 is 1.98 bits per heavy atom. The maximum absolute atomic E-state index is 13.3. The van der Waals surface area contributed by atoms with Crippen molar-refractivity contribution in [3.63, 3.8) is 0 Å². The molecular formula is C33H45FN4OS. The van der Waals surface area contributed by atoms with Crippen LogP contribution in [-0.4, -0.2) is 41.2 Å². The highest BCUT2D eigenvalue weighted by molar-refractivity contribution is 7.12. The van der Waals surface area contributed by atoms with Crippen molar-refractivity contribution in [2.75, 3.05) is 6.54 Å². The third-order valence-electron chi connectivity index (χ3n) is 10.4. The van der Waals surface area contributed by atoms with E-state index in [9.17, 15) is 9.18 Å². The zero-order valence-corrected chi connectivity index (χ0v) is 25.3. The molecule has 1 saturated heterocycles. The molecule has 5 nitrogen and oxygen atoms in total. The van der Waals surface area contributed by atoms with Crippen LogP contribution in [-0.2, 0) is 11.2 Å². The fraction of sp³-hybridized carbons (Fsp3) is 0.636. The van der Waals surface area contributed by atoms with Crippen molar-refractivity contribution in [1.82, 2.24) is 15.6 Å². The Bertz CT molecular complexity index is 1240. The Balaban J connectivity index is 1.02. The van der Waals surface area contributed by atoms with E-state index in [-0.39, 0.29) is 24.2 Å². The lowest BCUT2D eigenvalue weighted by Crippen LogP contribution is -2.53. The Kier molecular flexibility index (Phi) is 7.81. The van der Waals surface area contributed by atoms with Crippen molar-refractivity contribution < 1.29 is 9.18 Å². The molecule has 2 aliphatic heterocycles. The number of likely N-dealkylation sites (tertiary alicyclic amines) is 1. The van der Waals surface area contributed by atoms with Crippen molar-refractivity contribution in [2.24, 2.45) is 28.3 Å². The third kappa shape index (κ3) is 5.61. The molecule has 6 unspecified atom stereocenters. The molecule has 1 aromatic carbocycles. The van der Waals surface area contributed by atoms with E-state index in [1.54, 1.807) is 23.5 Å². The summed E-state index contributed by atoms with van der Waals surface area (Å²) >= 11 is 1.78. The normalized spacial score (nSPS) is 31.6.